The summed E-state index contributed by atoms with van der Waals surface area (Å²) in [5.41, 5.74) is 0.506. The molecule has 120 valence electrons. The van der Waals surface area contributed by atoms with Crippen LogP contribution in [-0.2, 0) is 25.5 Å². The average molecular weight is 305 g/mol. The summed E-state index contributed by atoms with van der Waals surface area (Å²) >= 11 is 0. The Morgan fingerprint density at radius 1 is 1.14 bits per heavy atom. The molecule has 5 nitrogen and oxygen atoms in total. The van der Waals surface area contributed by atoms with E-state index < -0.39 is 23.2 Å². The maximum atomic E-state index is 12.3. The minimum absolute atomic E-state index is 0.151. The number of rotatable bonds is 7. The van der Waals surface area contributed by atoms with E-state index in [0.29, 0.717) is 6.42 Å². The molecule has 1 atom stereocenters. The molecular formula is C17H23NO4. The van der Waals surface area contributed by atoms with Gasteiger partial charge in [0.2, 0.25) is 5.91 Å². The van der Waals surface area contributed by atoms with Gasteiger partial charge in [0.15, 0.2) is 11.3 Å². The molecule has 0 aliphatic carbocycles. The van der Waals surface area contributed by atoms with Crippen LogP contribution < -0.4 is 5.32 Å². The molecule has 0 bridgehead atoms. The van der Waals surface area contributed by atoms with Gasteiger partial charge in [0.1, 0.15) is 0 Å². The first-order chi connectivity index (χ1) is 10.3. The van der Waals surface area contributed by atoms with Gasteiger partial charge in [0, 0.05) is 6.92 Å². The fraction of sp³-hybridized carbons (Fsp3) is 0.471. The van der Waals surface area contributed by atoms with Gasteiger partial charge < -0.3 is 10.1 Å². The van der Waals surface area contributed by atoms with E-state index in [-0.39, 0.29) is 13.0 Å². The smallest absolute Gasteiger partial charge is 0.339 e. The van der Waals surface area contributed by atoms with Crippen molar-refractivity contribution in [3.05, 3.63) is 35.4 Å². The maximum absolute atomic E-state index is 12.3. The van der Waals surface area contributed by atoms with Gasteiger partial charge in [-0.2, -0.15) is 0 Å². The van der Waals surface area contributed by atoms with E-state index in [9.17, 15) is 14.4 Å². The highest BCUT2D eigenvalue weighted by Crippen LogP contribution is 2.19. The van der Waals surface area contributed by atoms with Crippen LogP contribution in [-0.4, -0.2) is 29.8 Å². The number of nitrogens with one attached hydrogen (secondary N) is 1. The van der Waals surface area contributed by atoms with E-state index in [0.717, 1.165) is 11.1 Å². The highest BCUT2D eigenvalue weighted by Gasteiger charge is 2.45. The predicted molar refractivity (Wildman–Crippen MR) is 83.4 cm³/mol. The molecule has 0 aromatic heterocycles. The third-order valence-corrected chi connectivity index (χ3v) is 3.52. The number of benzene rings is 1. The predicted octanol–water partition coefficient (Wildman–Crippen LogP) is 1.95. The van der Waals surface area contributed by atoms with Crippen LogP contribution in [0.2, 0.25) is 0 Å². The van der Waals surface area contributed by atoms with Gasteiger partial charge in [-0.15, -0.1) is 0 Å². The zero-order valence-electron chi connectivity index (χ0n) is 13.6. The first-order valence-electron chi connectivity index (χ1n) is 7.34. The number of carbonyl (C=O) groups excluding carboxylic acids is 3. The summed E-state index contributed by atoms with van der Waals surface area (Å²) in [4.78, 5) is 35.8. The van der Waals surface area contributed by atoms with Gasteiger partial charge >= 0.3 is 5.97 Å². The van der Waals surface area contributed by atoms with Gasteiger partial charge in [-0.1, -0.05) is 29.8 Å². The Labute approximate surface area is 131 Å². The highest BCUT2D eigenvalue weighted by molar-refractivity contribution is 6.09. The second-order valence-corrected chi connectivity index (χ2v) is 5.35. The van der Waals surface area contributed by atoms with Crippen molar-refractivity contribution in [2.24, 2.45) is 0 Å². The quantitative estimate of drug-likeness (QED) is 0.617. The van der Waals surface area contributed by atoms with Crippen LogP contribution in [0.15, 0.2) is 24.3 Å². The van der Waals surface area contributed by atoms with E-state index in [4.69, 9.17) is 4.74 Å². The topological polar surface area (TPSA) is 72.5 Å². The first kappa shape index (κ1) is 17.9. The molecular weight excluding hydrogens is 282 g/mol. The Hall–Kier alpha value is -2.17. The van der Waals surface area contributed by atoms with Crippen molar-refractivity contribution in [2.45, 2.75) is 46.1 Å². The molecule has 0 aliphatic rings. The van der Waals surface area contributed by atoms with E-state index in [1.807, 2.05) is 31.2 Å². The standard InChI is InChI=1S/C17H23NO4/c1-5-22-16(21)17(13(3)19,18-14(4)20)11-10-15-8-6-12(2)7-9-15/h6-9H,5,10-11H2,1-4H3,(H,18,20). The summed E-state index contributed by atoms with van der Waals surface area (Å²) in [7, 11) is 0. The number of esters is 1. The fourth-order valence-electron chi connectivity index (χ4n) is 2.26. The maximum Gasteiger partial charge on any atom is 0.339 e. The van der Waals surface area contributed by atoms with Crippen molar-refractivity contribution in [1.29, 1.82) is 0 Å². The minimum Gasteiger partial charge on any atom is -0.464 e. The molecule has 0 radical (unpaired) electrons. The number of amides is 1. The van der Waals surface area contributed by atoms with Gasteiger partial charge in [0.25, 0.3) is 0 Å². The average Bonchev–Trinajstić information content (AvgIpc) is 2.44. The molecule has 1 amide bonds. The van der Waals surface area contributed by atoms with Gasteiger partial charge in [-0.05, 0) is 39.2 Å². The summed E-state index contributed by atoms with van der Waals surface area (Å²) in [5.74, 6) is -1.56. The van der Waals surface area contributed by atoms with E-state index in [1.54, 1.807) is 6.92 Å². The van der Waals surface area contributed by atoms with Gasteiger partial charge in [-0.25, -0.2) is 4.79 Å². The van der Waals surface area contributed by atoms with Crippen LogP contribution in [0, 0.1) is 6.92 Å². The number of Topliss-reactive ketones (excluding diaryl/α,β-unsaturated/α-hetero) is 1. The lowest BCUT2D eigenvalue weighted by molar-refractivity contribution is -0.157. The molecule has 0 saturated heterocycles. The molecule has 1 unspecified atom stereocenters. The normalized spacial score (nSPS) is 13.1. The molecule has 1 aromatic carbocycles. The van der Waals surface area contributed by atoms with E-state index in [1.165, 1.54) is 13.8 Å². The molecule has 0 heterocycles. The summed E-state index contributed by atoms with van der Waals surface area (Å²) in [5, 5.41) is 2.50. The van der Waals surface area contributed by atoms with Crippen LogP contribution in [0.1, 0.15) is 38.3 Å². The number of carbonyl (C=O) groups is 3. The Bertz CT molecular complexity index is 550. The van der Waals surface area contributed by atoms with E-state index in [2.05, 4.69) is 5.32 Å². The largest absolute Gasteiger partial charge is 0.464 e. The van der Waals surface area contributed by atoms with Crippen molar-refractivity contribution in [3.63, 3.8) is 0 Å². The minimum atomic E-state index is -1.62. The number of hydrogen-bond donors (Lipinski definition) is 1. The summed E-state index contributed by atoms with van der Waals surface area (Å²) in [6.07, 6.45) is 0.656. The summed E-state index contributed by atoms with van der Waals surface area (Å²) < 4.78 is 5.00. The SMILES string of the molecule is CCOC(=O)C(CCc1ccc(C)cc1)(NC(C)=O)C(C)=O. The third kappa shape index (κ3) is 4.41. The highest BCUT2D eigenvalue weighted by atomic mass is 16.5. The van der Waals surface area contributed by atoms with Crippen LogP contribution in [0.25, 0.3) is 0 Å². The van der Waals surface area contributed by atoms with Crippen molar-refractivity contribution in [1.82, 2.24) is 5.32 Å². The molecule has 0 aliphatic heterocycles. The second-order valence-electron chi connectivity index (χ2n) is 5.35. The van der Waals surface area contributed by atoms with Crippen molar-refractivity contribution >= 4 is 17.7 Å². The lowest BCUT2D eigenvalue weighted by atomic mass is 9.87. The van der Waals surface area contributed by atoms with Crippen molar-refractivity contribution < 1.29 is 19.1 Å². The number of aryl methyl sites for hydroxylation is 2. The van der Waals surface area contributed by atoms with Crippen LogP contribution >= 0.6 is 0 Å². The van der Waals surface area contributed by atoms with Crippen molar-refractivity contribution in [3.8, 4) is 0 Å². The Balaban J connectivity index is 3.02. The van der Waals surface area contributed by atoms with Crippen LogP contribution in [0.4, 0.5) is 0 Å². The summed E-state index contributed by atoms with van der Waals surface area (Å²) in [6.45, 7) is 6.37. The van der Waals surface area contributed by atoms with Crippen LogP contribution in [0.3, 0.4) is 0 Å². The molecule has 5 heteroatoms. The molecule has 1 N–H and O–H groups in total. The monoisotopic (exact) mass is 305 g/mol. The second kappa shape index (κ2) is 7.73. The Kier molecular flexibility index (Phi) is 6.28. The number of hydrogen-bond acceptors (Lipinski definition) is 4. The Morgan fingerprint density at radius 3 is 2.18 bits per heavy atom. The molecule has 0 spiro atoms. The zero-order chi connectivity index (χ0) is 16.8. The molecule has 0 fully saturated rings. The first-order valence-corrected chi connectivity index (χ1v) is 7.34. The number of ether oxygens (including phenoxy) is 1. The molecule has 22 heavy (non-hydrogen) atoms. The fourth-order valence-corrected chi connectivity index (χ4v) is 2.26. The zero-order valence-corrected chi connectivity index (χ0v) is 13.6. The molecule has 1 aromatic rings. The summed E-state index contributed by atoms with van der Waals surface area (Å²) in [6, 6.07) is 7.82. The lowest BCUT2D eigenvalue weighted by Crippen LogP contribution is -2.59. The van der Waals surface area contributed by atoms with Crippen molar-refractivity contribution in [2.75, 3.05) is 6.61 Å². The molecule has 0 saturated carbocycles. The third-order valence-electron chi connectivity index (χ3n) is 3.52. The number of ketones is 1. The van der Waals surface area contributed by atoms with Gasteiger partial charge in [0.05, 0.1) is 6.61 Å². The molecule has 1 rings (SSSR count). The lowest BCUT2D eigenvalue weighted by Gasteiger charge is -2.29. The van der Waals surface area contributed by atoms with Crippen LogP contribution in [0.5, 0.6) is 0 Å². The Morgan fingerprint density at radius 2 is 1.73 bits per heavy atom. The van der Waals surface area contributed by atoms with Gasteiger partial charge in [-0.3, -0.25) is 9.59 Å². The van der Waals surface area contributed by atoms with E-state index >= 15 is 0 Å².